The first kappa shape index (κ1) is 14.1. The predicted molar refractivity (Wildman–Crippen MR) is 79.2 cm³/mol. The van der Waals surface area contributed by atoms with Crippen LogP contribution in [0.15, 0.2) is 27.4 Å². The van der Waals surface area contributed by atoms with Crippen LogP contribution in [-0.4, -0.2) is 13.0 Å². The van der Waals surface area contributed by atoms with Gasteiger partial charge in [-0.05, 0) is 23.1 Å². The topological polar surface area (TPSA) is 85.3 Å². The van der Waals surface area contributed by atoms with E-state index in [1.807, 2.05) is 12.1 Å². The molecule has 0 bridgehead atoms. The summed E-state index contributed by atoms with van der Waals surface area (Å²) in [5.41, 5.74) is 6.10. The summed E-state index contributed by atoms with van der Waals surface area (Å²) in [6.45, 7) is 6.22. The van der Waals surface area contributed by atoms with Gasteiger partial charge in [0.15, 0.2) is 0 Å². The molecule has 0 aliphatic carbocycles. The normalized spacial score (nSPS) is 11.6. The number of benzene rings is 1. The van der Waals surface area contributed by atoms with E-state index in [-0.39, 0.29) is 16.9 Å². The van der Waals surface area contributed by atoms with E-state index in [2.05, 4.69) is 26.1 Å². The second kappa shape index (κ2) is 4.67. The van der Waals surface area contributed by atoms with Crippen molar-refractivity contribution >= 4 is 22.8 Å². The average molecular weight is 274 g/mol. The molecule has 5 heteroatoms. The Morgan fingerprint density at radius 1 is 1.30 bits per heavy atom. The van der Waals surface area contributed by atoms with Gasteiger partial charge in [-0.15, -0.1) is 0 Å². The quantitative estimate of drug-likeness (QED) is 0.879. The first-order valence-corrected chi connectivity index (χ1v) is 6.34. The first-order valence-electron chi connectivity index (χ1n) is 6.34. The van der Waals surface area contributed by atoms with Crippen molar-refractivity contribution in [3.8, 4) is 0 Å². The molecule has 0 unspecified atom stereocenters. The Hall–Kier alpha value is -2.30. The van der Waals surface area contributed by atoms with E-state index in [0.29, 0.717) is 11.0 Å². The van der Waals surface area contributed by atoms with Crippen LogP contribution in [0.4, 0.5) is 5.88 Å². The monoisotopic (exact) mass is 274 g/mol. The van der Waals surface area contributed by atoms with E-state index >= 15 is 0 Å². The van der Waals surface area contributed by atoms with Gasteiger partial charge in [0.25, 0.3) is 5.91 Å². The Morgan fingerprint density at radius 3 is 2.45 bits per heavy atom. The number of anilines is 1. The maximum absolute atomic E-state index is 12.3. The average Bonchev–Trinajstić information content (AvgIpc) is 2.36. The molecule has 106 valence electrons. The van der Waals surface area contributed by atoms with Crippen molar-refractivity contribution in [1.29, 1.82) is 0 Å². The second-order valence-corrected chi connectivity index (χ2v) is 5.71. The summed E-state index contributed by atoms with van der Waals surface area (Å²) in [4.78, 5) is 23.7. The summed E-state index contributed by atoms with van der Waals surface area (Å²) in [7, 11) is 1.57. The Bertz CT molecular complexity index is 739. The largest absolute Gasteiger partial charge is 0.440 e. The van der Waals surface area contributed by atoms with E-state index in [0.717, 1.165) is 5.56 Å². The SMILES string of the molecule is CNc1oc2cc(C(C)(C)C)ccc2c(=O)c1C(N)=O. The zero-order chi connectivity index (χ0) is 15.1. The van der Waals surface area contributed by atoms with Crippen LogP contribution < -0.4 is 16.5 Å². The highest BCUT2D eigenvalue weighted by atomic mass is 16.3. The van der Waals surface area contributed by atoms with Crippen LogP contribution in [0.3, 0.4) is 0 Å². The van der Waals surface area contributed by atoms with E-state index < -0.39 is 11.3 Å². The van der Waals surface area contributed by atoms with Crippen molar-refractivity contribution in [2.45, 2.75) is 26.2 Å². The number of primary amides is 1. The molecule has 0 atom stereocenters. The van der Waals surface area contributed by atoms with Crippen molar-refractivity contribution in [1.82, 2.24) is 0 Å². The summed E-state index contributed by atoms with van der Waals surface area (Å²) < 4.78 is 5.61. The van der Waals surface area contributed by atoms with E-state index in [1.165, 1.54) is 0 Å². The van der Waals surface area contributed by atoms with Gasteiger partial charge in [0.2, 0.25) is 11.3 Å². The first-order chi connectivity index (χ1) is 9.25. The molecule has 1 heterocycles. The minimum absolute atomic E-state index is 0.0606. The van der Waals surface area contributed by atoms with Gasteiger partial charge >= 0.3 is 0 Å². The summed E-state index contributed by atoms with van der Waals surface area (Å²) in [6.07, 6.45) is 0. The van der Waals surface area contributed by atoms with Crippen LogP contribution in [0.25, 0.3) is 11.0 Å². The third kappa shape index (κ3) is 2.27. The lowest BCUT2D eigenvalue weighted by Crippen LogP contribution is -2.23. The van der Waals surface area contributed by atoms with Crippen LogP contribution in [0.1, 0.15) is 36.7 Å². The number of nitrogens with two attached hydrogens (primary N) is 1. The molecule has 1 aromatic carbocycles. The lowest BCUT2D eigenvalue weighted by molar-refractivity contribution is 0.0999. The number of carbonyl (C=O) groups is 1. The van der Waals surface area contributed by atoms with Crippen molar-refractivity contribution in [2.75, 3.05) is 12.4 Å². The fraction of sp³-hybridized carbons (Fsp3) is 0.333. The van der Waals surface area contributed by atoms with E-state index in [9.17, 15) is 9.59 Å². The Labute approximate surface area is 116 Å². The van der Waals surface area contributed by atoms with E-state index in [1.54, 1.807) is 13.1 Å². The van der Waals surface area contributed by atoms with Crippen molar-refractivity contribution in [3.05, 3.63) is 39.5 Å². The van der Waals surface area contributed by atoms with Crippen LogP contribution in [-0.2, 0) is 5.41 Å². The Kier molecular flexibility index (Phi) is 3.29. The fourth-order valence-electron chi connectivity index (χ4n) is 2.06. The molecule has 20 heavy (non-hydrogen) atoms. The smallest absolute Gasteiger partial charge is 0.258 e. The second-order valence-electron chi connectivity index (χ2n) is 5.71. The predicted octanol–water partition coefficient (Wildman–Crippen LogP) is 2.23. The molecule has 5 nitrogen and oxygen atoms in total. The molecule has 0 aliphatic heterocycles. The summed E-state index contributed by atoms with van der Waals surface area (Å²) >= 11 is 0. The molecule has 0 aliphatic rings. The third-order valence-corrected chi connectivity index (χ3v) is 3.23. The molecule has 0 fully saturated rings. The summed E-state index contributed by atoms with van der Waals surface area (Å²) in [5.74, 6) is -0.703. The lowest BCUT2D eigenvalue weighted by atomic mass is 9.86. The molecule has 0 saturated carbocycles. The zero-order valence-corrected chi connectivity index (χ0v) is 12.0. The molecule has 2 rings (SSSR count). The van der Waals surface area contributed by atoms with E-state index in [4.69, 9.17) is 10.2 Å². The Morgan fingerprint density at radius 2 is 1.95 bits per heavy atom. The van der Waals surface area contributed by atoms with Gasteiger partial charge in [0.1, 0.15) is 11.1 Å². The minimum atomic E-state index is -0.801. The fourth-order valence-corrected chi connectivity index (χ4v) is 2.06. The maximum Gasteiger partial charge on any atom is 0.258 e. The van der Waals surface area contributed by atoms with Gasteiger partial charge in [0, 0.05) is 7.05 Å². The van der Waals surface area contributed by atoms with Crippen molar-refractivity contribution < 1.29 is 9.21 Å². The van der Waals surface area contributed by atoms with Gasteiger partial charge in [-0.2, -0.15) is 0 Å². The third-order valence-electron chi connectivity index (χ3n) is 3.23. The molecular formula is C15H18N2O3. The number of hydrogen-bond donors (Lipinski definition) is 2. The number of nitrogens with one attached hydrogen (secondary N) is 1. The van der Waals surface area contributed by atoms with Crippen molar-refractivity contribution in [3.63, 3.8) is 0 Å². The van der Waals surface area contributed by atoms with Crippen LogP contribution in [0.5, 0.6) is 0 Å². The molecule has 1 aromatic heterocycles. The standard InChI is InChI=1S/C15H18N2O3/c1-15(2,3)8-5-6-9-10(7-8)20-14(17-4)11(12(9)18)13(16)19/h5-7,17H,1-4H3,(H2,16,19). The molecular weight excluding hydrogens is 256 g/mol. The van der Waals surface area contributed by atoms with Crippen LogP contribution >= 0.6 is 0 Å². The molecule has 0 saturated heterocycles. The lowest BCUT2D eigenvalue weighted by Gasteiger charge is -2.19. The highest BCUT2D eigenvalue weighted by Gasteiger charge is 2.20. The summed E-state index contributed by atoms with van der Waals surface area (Å²) in [6, 6.07) is 5.36. The molecule has 2 aromatic rings. The Balaban J connectivity index is 2.83. The summed E-state index contributed by atoms with van der Waals surface area (Å²) in [5, 5.41) is 3.05. The van der Waals surface area contributed by atoms with Crippen LogP contribution in [0, 0.1) is 0 Å². The van der Waals surface area contributed by atoms with Gasteiger partial charge in [0.05, 0.1) is 5.39 Å². The highest BCUT2D eigenvalue weighted by Crippen LogP contribution is 2.27. The number of carbonyl (C=O) groups excluding carboxylic acids is 1. The van der Waals surface area contributed by atoms with Crippen LogP contribution in [0.2, 0.25) is 0 Å². The molecule has 0 spiro atoms. The maximum atomic E-state index is 12.3. The highest BCUT2D eigenvalue weighted by molar-refractivity contribution is 6.00. The van der Waals surface area contributed by atoms with Gasteiger partial charge in [-0.3, -0.25) is 9.59 Å². The molecule has 1 amide bonds. The number of amides is 1. The van der Waals surface area contributed by atoms with Gasteiger partial charge < -0.3 is 15.5 Å². The zero-order valence-electron chi connectivity index (χ0n) is 12.0. The van der Waals surface area contributed by atoms with Gasteiger partial charge in [-0.25, -0.2) is 0 Å². The van der Waals surface area contributed by atoms with Crippen molar-refractivity contribution in [2.24, 2.45) is 5.73 Å². The molecule has 0 radical (unpaired) electrons. The van der Waals surface area contributed by atoms with Gasteiger partial charge in [-0.1, -0.05) is 26.8 Å². The number of hydrogen-bond acceptors (Lipinski definition) is 4. The number of fused-ring (bicyclic) bond motifs is 1. The number of rotatable bonds is 2. The minimum Gasteiger partial charge on any atom is -0.440 e. The molecule has 3 N–H and O–H groups in total.